The van der Waals surface area contributed by atoms with Gasteiger partial charge in [-0.2, -0.15) is 0 Å². The number of aryl methyl sites for hydroxylation is 1. The fraction of sp³-hybridized carbons (Fsp3) is 0.143. The molecule has 0 radical (unpaired) electrons. The number of para-hydroxylation sites is 1. The Balaban J connectivity index is 1.93. The lowest BCUT2D eigenvalue weighted by Crippen LogP contribution is -2.41. The maximum absolute atomic E-state index is 12.2. The molecule has 1 aliphatic rings. The van der Waals surface area contributed by atoms with E-state index in [1.807, 2.05) is 31.2 Å². The lowest BCUT2D eigenvalue weighted by atomic mass is 10.2. The van der Waals surface area contributed by atoms with Crippen LogP contribution in [-0.4, -0.2) is 19.4 Å². The van der Waals surface area contributed by atoms with Gasteiger partial charge in [-0.05, 0) is 30.7 Å². The summed E-state index contributed by atoms with van der Waals surface area (Å²) in [5.74, 6) is 0.211. The van der Waals surface area contributed by atoms with Crippen LogP contribution in [0, 0.1) is 6.92 Å². The van der Waals surface area contributed by atoms with E-state index in [1.165, 1.54) is 0 Å². The zero-order valence-corrected chi connectivity index (χ0v) is 12.2. The van der Waals surface area contributed by atoms with Gasteiger partial charge in [-0.15, -0.1) is 0 Å². The first kappa shape index (κ1) is 13.6. The molecule has 0 unspecified atom stereocenters. The average Bonchev–Trinajstić information content (AvgIpc) is 2.47. The molecule has 0 spiro atoms. The topological polar surface area (TPSA) is 83.4 Å². The molecular weight excluding hydrogens is 288 g/mol. The minimum absolute atomic E-state index is 0.211. The summed E-state index contributed by atoms with van der Waals surface area (Å²) < 4.78 is 26.8. The van der Waals surface area contributed by atoms with Crippen LogP contribution in [0.1, 0.15) is 11.3 Å². The molecule has 2 aromatic rings. The summed E-state index contributed by atoms with van der Waals surface area (Å²) in [5.41, 5.74) is 2.18. The highest BCUT2D eigenvalue weighted by molar-refractivity contribution is 7.90. The Morgan fingerprint density at radius 2 is 2.05 bits per heavy atom. The van der Waals surface area contributed by atoms with Crippen molar-refractivity contribution in [3.8, 4) is 0 Å². The lowest BCUT2D eigenvalue weighted by Gasteiger charge is -2.22. The number of sulfonamides is 1. The fourth-order valence-electron chi connectivity index (χ4n) is 2.07. The second-order valence-corrected chi connectivity index (χ2v) is 6.32. The second-order valence-electron chi connectivity index (χ2n) is 4.66. The summed E-state index contributed by atoms with van der Waals surface area (Å²) >= 11 is 0. The number of aromatic nitrogens is 1. The van der Waals surface area contributed by atoms with Crippen LogP contribution >= 0.6 is 0 Å². The molecule has 21 heavy (non-hydrogen) atoms. The van der Waals surface area contributed by atoms with E-state index < -0.39 is 10.0 Å². The molecule has 2 N–H and O–H groups in total. The molecule has 0 saturated carbocycles. The first-order chi connectivity index (χ1) is 10.1. The van der Waals surface area contributed by atoms with Gasteiger partial charge in [0.05, 0.1) is 17.9 Å². The Hall–Kier alpha value is -2.41. The third kappa shape index (κ3) is 2.73. The van der Waals surface area contributed by atoms with Crippen LogP contribution in [0.5, 0.6) is 0 Å². The number of nitrogens with one attached hydrogen (secondary N) is 2. The molecule has 2 heterocycles. The molecule has 1 aromatic heterocycles. The second kappa shape index (κ2) is 5.17. The smallest absolute Gasteiger partial charge is 0.266 e. The van der Waals surface area contributed by atoms with E-state index in [4.69, 9.17) is 0 Å². The lowest BCUT2D eigenvalue weighted by molar-refractivity contribution is 0.591. The number of aliphatic imine (C=N–C) groups is 1. The van der Waals surface area contributed by atoms with Gasteiger partial charge in [-0.25, -0.2) is 18.1 Å². The van der Waals surface area contributed by atoms with E-state index in [9.17, 15) is 8.42 Å². The third-order valence-electron chi connectivity index (χ3n) is 3.12. The minimum atomic E-state index is -3.58. The maximum atomic E-state index is 12.2. The summed E-state index contributed by atoms with van der Waals surface area (Å²) in [4.78, 5) is 8.63. The number of hydrogen-bond acceptors (Lipinski definition) is 4. The van der Waals surface area contributed by atoms with Crippen LogP contribution in [-0.2, 0) is 16.6 Å². The van der Waals surface area contributed by atoms with E-state index in [0.717, 1.165) is 11.3 Å². The van der Waals surface area contributed by atoms with Crippen molar-refractivity contribution in [1.29, 1.82) is 0 Å². The van der Waals surface area contributed by atoms with Gasteiger partial charge in [0.25, 0.3) is 10.0 Å². The van der Waals surface area contributed by atoms with Gasteiger partial charge in [0.1, 0.15) is 4.90 Å². The summed E-state index contributed by atoms with van der Waals surface area (Å²) in [7, 11) is -3.58. The zero-order valence-electron chi connectivity index (χ0n) is 11.4. The quantitative estimate of drug-likeness (QED) is 0.883. The maximum Gasteiger partial charge on any atom is 0.266 e. The molecule has 6 nitrogen and oxygen atoms in total. The van der Waals surface area contributed by atoms with Crippen LogP contribution in [0.3, 0.4) is 0 Å². The van der Waals surface area contributed by atoms with Gasteiger partial charge in [0, 0.05) is 6.20 Å². The van der Waals surface area contributed by atoms with Gasteiger partial charge >= 0.3 is 0 Å². The average molecular weight is 302 g/mol. The van der Waals surface area contributed by atoms with Crippen molar-refractivity contribution in [2.45, 2.75) is 18.4 Å². The molecule has 0 bridgehead atoms. The number of fused-ring (bicyclic) bond motifs is 1. The number of pyridine rings is 1. The molecular formula is C14H14N4O2S. The number of nitrogens with zero attached hydrogens (tertiary/aromatic N) is 2. The Kier molecular flexibility index (Phi) is 3.34. The van der Waals surface area contributed by atoms with E-state index >= 15 is 0 Å². The van der Waals surface area contributed by atoms with Crippen molar-refractivity contribution in [2.24, 2.45) is 4.99 Å². The van der Waals surface area contributed by atoms with E-state index in [1.54, 1.807) is 18.3 Å². The molecule has 0 amide bonds. The van der Waals surface area contributed by atoms with E-state index in [0.29, 0.717) is 12.2 Å². The van der Waals surface area contributed by atoms with Gasteiger partial charge < -0.3 is 5.32 Å². The Morgan fingerprint density at radius 1 is 1.19 bits per heavy atom. The number of benzene rings is 1. The highest BCUT2D eigenvalue weighted by Gasteiger charge is 2.27. The van der Waals surface area contributed by atoms with Crippen molar-refractivity contribution >= 4 is 21.7 Å². The molecule has 3 rings (SSSR count). The molecule has 0 saturated heterocycles. The van der Waals surface area contributed by atoms with Gasteiger partial charge in [0.15, 0.2) is 0 Å². The highest BCUT2D eigenvalue weighted by Crippen LogP contribution is 2.27. The molecule has 0 aliphatic carbocycles. The SMILES string of the molecule is Cc1cccc2c1NC(=NCc1ccccn1)NS2(=O)=O. The predicted molar refractivity (Wildman–Crippen MR) is 80.5 cm³/mol. The third-order valence-corrected chi connectivity index (χ3v) is 4.51. The van der Waals surface area contributed by atoms with Crippen LogP contribution in [0.15, 0.2) is 52.5 Å². The summed E-state index contributed by atoms with van der Waals surface area (Å²) in [5, 5.41) is 3.02. The van der Waals surface area contributed by atoms with Crippen LogP contribution in [0.25, 0.3) is 0 Å². The number of rotatable bonds is 2. The molecule has 0 atom stereocenters. The first-order valence-corrected chi connectivity index (χ1v) is 7.88. The van der Waals surface area contributed by atoms with Gasteiger partial charge in [-0.3, -0.25) is 4.98 Å². The Bertz CT molecular complexity index is 801. The largest absolute Gasteiger partial charge is 0.324 e. The minimum Gasteiger partial charge on any atom is -0.324 e. The fourth-order valence-corrected chi connectivity index (χ4v) is 3.29. The van der Waals surface area contributed by atoms with Crippen molar-refractivity contribution in [2.75, 3.05) is 5.32 Å². The predicted octanol–water partition coefficient (Wildman–Crippen LogP) is 1.65. The number of guanidine groups is 1. The van der Waals surface area contributed by atoms with E-state index in [2.05, 4.69) is 20.0 Å². The molecule has 7 heteroatoms. The van der Waals surface area contributed by atoms with E-state index in [-0.39, 0.29) is 10.9 Å². The van der Waals surface area contributed by atoms with Crippen LogP contribution in [0.4, 0.5) is 5.69 Å². The monoisotopic (exact) mass is 302 g/mol. The van der Waals surface area contributed by atoms with Crippen molar-refractivity contribution in [3.05, 3.63) is 53.9 Å². The molecule has 1 aliphatic heterocycles. The molecule has 1 aromatic carbocycles. The first-order valence-electron chi connectivity index (χ1n) is 6.40. The Morgan fingerprint density at radius 3 is 2.81 bits per heavy atom. The van der Waals surface area contributed by atoms with Gasteiger partial charge in [-0.1, -0.05) is 18.2 Å². The molecule has 108 valence electrons. The van der Waals surface area contributed by atoms with Crippen LogP contribution in [0.2, 0.25) is 0 Å². The van der Waals surface area contributed by atoms with Crippen molar-refractivity contribution < 1.29 is 8.42 Å². The van der Waals surface area contributed by atoms with Crippen LogP contribution < -0.4 is 10.0 Å². The van der Waals surface area contributed by atoms with Gasteiger partial charge in [0.2, 0.25) is 5.96 Å². The summed E-state index contributed by atoms with van der Waals surface area (Å²) in [6, 6.07) is 10.6. The Labute approximate surface area is 123 Å². The van der Waals surface area contributed by atoms with Crippen molar-refractivity contribution in [3.63, 3.8) is 0 Å². The summed E-state index contributed by atoms with van der Waals surface area (Å²) in [6.45, 7) is 2.15. The highest BCUT2D eigenvalue weighted by atomic mass is 32.2. The van der Waals surface area contributed by atoms with Crippen molar-refractivity contribution in [1.82, 2.24) is 9.71 Å². The number of hydrogen-bond donors (Lipinski definition) is 2. The summed E-state index contributed by atoms with van der Waals surface area (Å²) in [6.07, 6.45) is 1.67. The molecule has 0 fully saturated rings. The zero-order chi connectivity index (χ0) is 14.9. The normalized spacial score (nSPS) is 17.7. The standard InChI is InChI=1S/C14H14N4O2S/c1-10-5-4-7-12-13(10)17-14(18-21(12,19)20)16-9-11-6-2-3-8-15-11/h2-8H,9H2,1H3,(H2,16,17,18). The number of anilines is 1.